The lowest BCUT2D eigenvalue weighted by atomic mass is 10.1. The van der Waals surface area contributed by atoms with Crippen molar-refractivity contribution >= 4 is 0 Å². The van der Waals surface area contributed by atoms with Gasteiger partial charge in [-0.3, -0.25) is 9.97 Å². The van der Waals surface area contributed by atoms with Gasteiger partial charge in [0.15, 0.2) is 0 Å². The second-order valence-corrected chi connectivity index (χ2v) is 3.83. The number of benzene rings is 1. The van der Waals surface area contributed by atoms with Crippen LogP contribution in [0.3, 0.4) is 0 Å². The van der Waals surface area contributed by atoms with E-state index in [1.807, 2.05) is 31.2 Å². The van der Waals surface area contributed by atoms with Crippen molar-refractivity contribution in [3.8, 4) is 5.75 Å². The van der Waals surface area contributed by atoms with Gasteiger partial charge in [0.2, 0.25) is 0 Å². The van der Waals surface area contributed by atoms with E-state index in [0.717, 1.165) is 22.7 Å². The number of ether oxygens (including phenoxy) is 1. The Labute approximate surface area is 100 Å². The monoisotopic (exact) mass is 229 g/mol. The van der Waals surface area contributed by atoms with Gasteiger partial charge in [-0.15, -0.1) is 0 Å². The fourth-order valence-electron chi connectivity index (χ4n) is 1.55. The van der Waals surface area contributed by atoms with Gasteiger partial charge >= 0.3 is 0 Å². The van der Waals surface area contributed by atoms with Crippen LogP contribution in [0.1, 0.15) is 23.0 Å². The molecule has 0 aliphatic carbocycles. The van der Waals surface area contributed by atoms with Crippen molar-refractivity contribution in [2.45, 2.75) is 13.0 Å². The summed E-state index contributed by atoms with van der Waals surface area (Å²) in [5, 5.41) is 0. The summed E-state index contributed by atoms with van der Waals surface area (Å²) in [5.41, 5.74) is 8.75. The van der Waals surface area contributed by atoms with Gasteiger partial charge in [-0.05, 0) is 24.6 Å². The van der Waals surface area contributed by atoms with E-state index in [1.165, 1.54) is 0 Å². The van der Waals surface area contributed by atoms with Gasteiger partial charge in [0.05, 0.1) is 30.7 Å². The van der Waals surface area contributed by atoms with Crippen molar-refractivity contribution < 1.29 is 4.74 Å². The number of nitrogens with zero attached hydrogens (tertiary/aromatic N) is 2. The van der Waals surface area contributed by atoms with Gasteiger partial charge in [-0.25, -0.2) is 0 Å². The molecule has 0 aliphatic heterocycles. The summed E-state index contributed by atoms with van der Waals surface area (Å²) in [6, 6.07) is 7.39. The minimum absolute atomic E-state index is 0.256. The lowest BCUT2D eigenvalue weighted by molar-refractivity contribution is 0.414. The van der Waals surface area contributed by atoms with Crippen LogP contribution in [0, 0.1) is 6.92 Å². The number of rotatable bonds is 3. The van der Waals surface area contributed by atoms with Gasteiger partial charge in [0.25, 0.3) is 0 Å². The number of aromatic nitrogens is 2. The van der Waals surface area contributed by atoms with E-state index in [4.69, 9.17) is 10.5 Å². The highest BCUT2D eigenvalue weighted by molar-refractivity contribution is 5.32. The first-order valence-electron chi connectivity index (χ1n) is 5.39. The molecule has 0 aliphatic rings. The average molecular weight is 229 g/mol. The van der Waals surface area contributed by atoms with Gasteiger partial charge in [0, 0.05) is 6.20 Å². The lowest BCUT2D eigenvalue weighted by Gasteiger charge is -2.11. The van der Waals surface area contributed by atoms with E-state index in [2.05, 4.69) is 9.97 Å². The van der Waals surface area contributed by atoms with Crippen LogP contribution in [-0.4, -0.2) is 17.1 Å². The van der Waals surface area contributed by atoms with Crippen LogP contribution < -0.4 is 10.5 Å². The summed E-state index contributed by atoms with van der Waals surface area (Å²) in [6.45, 7) is 1.90. The molecule has 0 bridgehead atoms. The van der Waals surface area contributed by atoms with Gasteiger partial charge < -0.3 is 10.5 Å². The quantitative estimate of drug-likeness (QED) is 0.872. The number of hydrogen-bond donors (Lipinski definition) is 1. The van der Waals surface area contributed by atoms with E-state index >= 15 is 0 Å². The molecule has 2 N–H and O–H groups in total. The minimum atomic E-state index is -0.256. The second-order valence-electron chi connectivity index (χ2n) is 3.83. The summed E-state index contributed by atoms with van der Waals surface area (Å²) in [5.74, 6) is 0.816. The maximum absolute atomic E-state index is 6.11. The molecule has 0 spiro atoms. The molecule has 0 radical (unpaired) electrons. The van der Waals surface area contributed by atoms with Crippen LogP contribution >= 0.6 is 0 Å². The smallest absolute Gasteiger partial charge is 0.118 e. The number of hydrogen-bond acceptors (Lipinski definition) is 4. The first-order valence-corrected chi connectivity index (χ1v) is 5.39. The van der Waals surface area contributed by atoms with Crippen molar-refractivity contribution in [2.24, 2.45) is 5.73 Å². The van der Waals surface area contributed by atoms with E-state index in [0.29, 0.717) is 0 Å². The minimum Gasteiger partial charge on any atom is -0.497 e. The Kier molecular flexibility index (Phi) is 3.35. The van der Waals surface area contributed by atoms with E-state index < -0.39 is 0 Å². The van der Waals surface area contributed by atoms with Crippen LogP contribution in [0.2, 0.25) is 0 Å². The van der Waals surface area contributed by atoms with E-state index in [9.17, 15) is 0 Å². The van der Waals surface area contributed by atoms with Crippen molar-refractivity contribution in [3.05, 3.63) is 53.6 Å². The zero-order chi connectivity index (χ0) is 12.3. The third-order valence-electron chi connectivity index (χ3n) is 2.59. The molecule has 4 heteroatoms. The van der Waals surface area contributed by atoms with E-state index in [-0.39, 0.29) is 6.04 Å². The average Bonchev–Trinajstić information content (AvgIpc) is 2.39. The summed E-state index contributed by atoms with van der Waals surface area (Å²) in [6.07, 6.45) is 3.43. The first kappa shape index (κ1) is 11.5. The Hall–Kier alpha value is -1.94. The zero-order valence-corrected chi connectivity index (χ0v) is 9.92. The molecule has 1 unspecified atom stereocenters. The van der Waals surface area contributed by atoms with Gasteiger partial charge in [-0.1, -0.05) is 12.1 Å². The molecule has 0 amide bonds. The van der Waals surface area contributed by atoms with Gasteiger partial charge in [0.1, 0.15) is 5.75 Å². The van der Waals surface area contributed by atoms with E-state index in [1.54, 1.807) is 19.5 Å². The Morgan fingerprint density at radius 3 is 2.35 bits per heavy atom. The summed E-state index contributed by atoms with van der Waals surface area (Å²) in [4.78, 5) is 8.47. The fraction of sp³-hybridized carbons (Fsp3) is 0.231. The fourth-order valence-corrected chi connectivity index (χ4v) is 1.55. The number of methoxy groups -OCH3 is 1. The largest absolute Gasteiger partial charge is 0.497 e. The molecule has 1 aromatic carbocycles. The van der Waals surface area contributed by atoms with Crippen molar-refractivity contribution in [3.63, 3.8) is 0 Å². The normalized spacial score (nSPS) is 12.2. The Morgan fingerprint density at radius 2 is 1.82 bits per heavy atom. The predicted molar refractivity (Wildman–Crippen MR) is 65.8 cm³/mol. The second kappa shape index (κ2) is 4.93. The van der Waals surface area contributed by atoms with Crippen molar-refractivity contribution in [1.82, 2.24) is 9.97 Å². The molecule has 1 heterocycles. The molecule has 0 saturated carbocycles. The number of nitrogens with two attached hydrogens (primary N) is 1. The maximum Gasteiger partial charge on any atom is 0.118 e. The molecule has 0 fully saturated rings. The third kappa shape index (κ3) is 2.60. The third-order valence-corrected chi connectivity index (χ3v) is 2.59. The molecule has 17 heavy (non-hydrogen) atoms. The Morgan fingerprint density at radius 1 is 1.12 bits per heavy atom. The van der Waals surface area contributed by atoms with Crippen molar-refractivity contribution in [2.75, 3.05) is 7.11 Å². The van der Waals surface area contributed by atoms with Crippen LogP contribution in [0.5, 0.6) is 5.75 Å². The topological polar surface area (TPSA) is 61.0 Å². The molecular weight excluding hydrogens is 214 g/mol. The molecule has 1 atom stereocenters. The first-order chi connectivity index (χ1) is 8.20. The summed E-state index contributed by atoms with van der Waals surface area (Å²) >= 11 is 0. The van der Waals surface area contributed by atoms with Crippen molar-refractivity contribution in [1.29, 1.82) is 0 Å². The Bertz CT molecular complexity index is 479. The van der Waals surface area contributed by atoms with Crippen LogP contribution in [0.4, 0.5) is 0 Å². The van der Waals surface area contributed by atoms with Crippen LogP contribution in [0.15, 0.2) is 36.7 Å². The van der Waals surface area contributed by atoms with Gasteiger partial charge in [-0.2, -0.15) is 0 Å². The molecule has 0 saturated heterocycles. The molecule has 1 aromatic heterocycles. The Balaban J connectivity index is 2.23. The highest BCUT2D eigenvalue weighted by atomic mass is 16.5. The molecule has 88 valence electrons. The van der Waals surface area contributed by atoms with Crippen LogP contribution in [-0.2, 0) is 0 Å². The SMILES string of the molecule is COc1ccc(C(N)c2cnc(C)cn2)cc1. The van der Waals surface area contributed by atoms with Crippen LogP contribution in [0.25, 0.3) is 0 Å². The summed E-state index contributed by atoms with van der Waals surface area (Å²) < 4.78 is 5.10. The number of aryl methyl sites for hydroxylation is 1. The highest BCUT2D eigenvalue weighted by Crippen LogP contribution is 2.20. The molecule has 2 rings (SSSR count). The predicted octanol–water partition coefficient (Wildman–Crippen LogP) is 1.84. The zero-order valence-electron chi connectivity index (χ0n) is 9.92. The highest BCUT2D eigenvalue weighted by Gasteiger charge is 2.10. The molecule has 4 nitrogen and oxygen atoms in total. The molecule has 2 aromatic rings. The molecular formula is C13H15N3O. The lowest BCUT2D eigenvalue weighted by Crippen LogP contribution is -2.13. The standard InChI is InChI=1S/C13H15N3O/c1-9-7-16-12(8-15-9)13(14)10-3-5-11(17-2)6-4-10/h3-8,13H,14H2,1-2H3. The summed E-state index contributed by atoms with van der Waals surface area (Å²) in [7, 11) is 1.64. The maximum atomic E-state index is 6.11.